The van der Waals surface area contributed by atoms with Gasteiger partial charge in [-0.2, -0.15) is 0 Å². The molecule has 1 atom stereocenters. The second-order valence-corrected chi connectivity index (χ2v) is 3.43. The SMILES string of the molecule is O=C(CBr)N[C@@H](Cc1cnc[nH]1)C(=O)O. The molecule has 3 N–H and O–H groups in total. The Morgan fingerprint density at radius 2 is 2.40 bits per heavy atom. The van der Waals surface area contributed by atoms with E-state index in [0.29, 0.717) is 5.69 Å². The monoisotopic (exact) mass is 275 g/mol. The van der Waals surface area contributed by atoms with Gasteiger partial charge in [0, 0.05) is 18.3 Å². The lowest BCUT2D eigenvalue weighted by atomic mass is 10.1. The van der Waals surface area contributed by atoms with Crippen LogP contribution in [0.4, 0.5) is 0 Å². The first kappa shape index (κ1) is 11.7. The molecule has 6 nitrogen and oxygen atoms in total. The standard InChI is InChI=1S/C8H10BrN3O3/c9-2-7(13)12-6(8(14)15)1-5-3-10-4-11-5/h3-4,6H,1-2H2,(H,10,11)(H,12,13)(H,14,15)/t6-/m0/s1. The number of rotatable bonds is 5. The molecule has 0 aliphatic rings. The molecular formula is C8H10BrN3O3. The number of aliphatic carboxylic acids is 1. The van der Waals surface area contributed by atoms with Crippen LogP contribution in [0.15, 0.2) is 12.5 Å². The van der Waals surface area contributed by atoms with Crippen LogP contribution < -0.4 is 5.32 Å². The number of hydrogen-bond donors (Lipinski definition) is 3. The van der Waals surface area contributed by atoms with Crippen LogP contribution in [0.2, 0.25) is 0 Å². The van der Waals surface area contributed by atoms with Gasteiger partial charge in [-0.15, -0.1) is 0 Å². The minimum absolute atomic E-state index is 0.0831. The van der Waals surface area contributed by atoms with E-state index < -0.39 is 12.0 Å². The number of carboxylic acid groups (broad SMARTS) is 1. The molecule has 1 aromatic rings. The van der Waals surface area contributed by atoms with Gasteiger partial charge in [0.05, 0.1) is 11.7 Å². The van der Waals surface area contributed by atoms with Crippen molar-refractivity contribution in [1.29, 1.82) is 0 Å². The van der Waals surface area contributed by atoms with Crippen LogP contribution in [-0.4, -0.2) is 38.3 Å². The van der Waals surface area contributed by atoms with Gasteiger partial charge in [0.25, 0.3) is 0 Å². The van der Waals surface area contributed by atoms with E-state index in [1.807, 2.05) is 0 Å². The zero-order valence-corrected chi connectivity index (χ0v) is 9.32. The fourth-order valence-corrected chi connectivity index (χ4v) is 1.21. The largest absolute Gasteiger partial charge is 0.480 e. The molecule has 1 heterocycles. The Balaban J connectivity index is 2.59. The molecule has 1 aromatic heterocycles. The number of H-pyrrole nitrogens is 1. The minimum Gasteiger partial charge on any atom is -0.480 e. The number of carbonyl (C=O) groups is 2. The fourth-order valence-electron chi connectivity index (χ4n) is 1.05. The third-order valence-electron chi connectivity index (χ3n) is 1.73. The maximum Gasteiger partial charge on any atom is 0.326 e. The molecule has 0 radical (unpaired) electrons. The van der Waals surface area contributed by atoms with Crippen molar-refractivity contribution in [2.24, 2.45) is 0 Å². The molecule has 82 valence electrons. The summed E-state index contributed by atoms with van der Waals surface area (Å²) in [5.41, 5.74) is 0.664. The molecule has 15 heavy (non-hydrogen) atoms. The number of aromatic amines is 1. The first-order valence-electron chi connectivity index (χ1n) is 4.19. The maximum atomic E-state index is 11.0. The third-order valence-corrected chi connectivity index (χ3v) is 2.24. The number of halogens is 1. The van der Waals surface area contributed by atoms with Crippen LogP contribution in [-0.2, 0) is 16.0 Å². The second-order valence-electron chi connectivity index (χ2n) is 2.87. The molecule has 0 bridgehead atoms. The second kappa shape index (κ2) is 5.50. The third kappa shape index (κ3) is 3.70. The van der Waals surface area contributed by atoms with E-state index in [9.17, 15) is 9.59 Å². The fraction of sp³-hybridized carbons (Fsp3) is 0.375. The molecule has 0 fully saturated rings. The molecule has 1 amide bonds. The van der Waals surface area contributed by atoms with Crippen molar-refractivity contribution >= 4 is 27.8 Å². The average molecular weight is 276 g/mol. The van der Waals surface area contributed by atoms with Gasteiger partial charge in [0.2, 0.25) is 5.91 Å². The van der Waals surface area contributed by atoms with E-state index in [0.717, 1.165) is 0 Å². The van der Waals surface area contributed by atoms with Crippen molar-refractivity contribution in [3.8, 4) is 0 Å². The van der Waals surface area contributed by atoms with E-state index in [1.54, 1.807) is 0 Å². The number of amides is 1. The van der Waals surface area contributed by atoms with Crippen molar-refractivity contribution in [2.75, 3.05) is 5.33 Å². The summed E-state index contributed by atoms with van der Waals surface area (Å²) in [4.78, 5) is 28.4. The smallest absolute Gasteiger partial charge is 0.326 e. The molecule has 1 rings (SSSR count). The summed E-state index contributed by atoms with van der Waals surface area (Å²) >= 11 is 2.95. The summed E-state index contributed by atoms with van der Waals surface area (Å²) in [6.07, 6.45) is 3.17. The number of carbonyl (C=O) groups excluding carboxylic acids is 1. The number of carboxylic acids is 1. The highest BCUT2D eigenvalue weighted by molar-refractivity contribution is 9.09. The maximum absolute atomic E-state index is 11.0. The Bertz CT molecular complexity index is 339. The van der Waals surface area contributed by atoms with E-state index >= 15 is 0 Å². The lowest BCUT2D eigenvalue weighted by molar-refractivity contribution is -0.141. The van der Waals surface area contributed by atoms with Gasteiger partial charge in [-0.25, -0.2) is 9.78 Å². The summed E-state index contributed by atoms with van der Waals surface area (Å²) in [7, 11) is 0. The molecule has 0 spiro atoms. The number of alkyl halides is 1. The highest BCUT2D eigenvalue weighted by atomic mass is 79.9. The van der Waals surface area contributed by atoms with Crippen LogP contribution in [0.5, 0.6) is 0 Å². The lowest BCUT2D eigenvalue weighted by Gasteiger charge is -2.12. The predicted molar refractivity (Wildman–Crippen MR) is 55.7 cm³/mol. The van der Waals surface area contributed by atoms with E-state index in [1.165, 1.54) is 12.5 Å². The van der Waals surface area contributed by atoms with Gasteiger partial charge >= 0.3 is 5.97 Å². The van der Waals surface area contributed by atoms with Gasteiger partial charge in [0.15, 0.2) is 0 Å². The normalized spacial score (nSPS) is 12.1. The molecule has 7 heteroatoms. The Kier molecular flexibility index (Phi) is 4.29. The number of hydrogen-bond acceptors (Lipinski definition) is 3. The predicted octanol–water partition coefficient (Wildman–Crippen LogP) is -0.0835. The van der Waals surface area contributed by atoms with Crippen molar-refractivity contribution in [3.05, 3.63) is 18.2 Å². The summed E-state index contributed by atoms with van der Waals surface area (Å²) in [6.45, 7) is 0. The Morgan fingerprint density at radius 3 is 2.87 bits per heavy atom. The summed E-state index contributed by atoms with van der Waals surface area (Å²) in [5, 5.41) is 11.3. The van der Waals surface area contributed by atoms with E-state index in [4.69, 9.17) is 5.11 Å². The highest BCUT2D eigenvalue weighted by Crippen LogP contribution is 1.99. The first-order chi connectivity index (χ1) is 7.13. The Labute approximate surface area is 94.2 Å². The van der Waals surface area contributed by atoms with Gasteiger partial charge in [-0.3, -0.25) is 4.79 Å². The Hall–Kier alpha value is -1.37. The van der Waals surface area contributed by atoms with E-state index in [2.05, 4.69) is 31.2 Å². The summed E-state index contributed by atoms with van der Waals surface area (Å²) in [5.74, 6) is -1.43. The highest BCUT2D eigenvalue weighted by Gasteiger charge is 2.20. The van der Waals surface area contributed by atoms with E-state index in [-0.39, 0.29) is 17.7 Å². The minimum atomic E-state index is -1.07. The van der Waals surface area contributed by atoms with Crippen LogP contribution in [0.1, 0.15) is 5.69 Å². The van der Waals surface area contributed by atoms with Crippen molar-refractivity contribution in [2.45, 2.75) is 12.5 Å². The van der Waals surface area contributed by atoms with Gasteiger partial charge in [-0.1, -0.05) is 15.9 Å². The number of nitrogens with zero attached hydrogens (tertiary/aromatic N) is 1. The topological polar surface area (TPSA) is 95.1 Å². The molecule has 0 saturated heterocycles. The zero-order valence-electron chi connectivity index (χ0n) is 7.74. The quantitative estimate of drug-likeness (QED) is 0.655. The van der Waals surface area contributed by atoms with Gasteiger partial charge < -0.3 is 15.4 Å². The van der Waals surface area contributed by atoms with Gasteiger partial charge in [-0.05, 0) is 0 Å². The lowest BCUT2D eigenvalue weighted by Crippen LogP contribution is -2.42. The zero-order chi connectivity index (χ0) is 11.3. The summed E-state index contributed by atoms with van der Waals surface area (Å²) < 4.78 is 0. The average Bonchev–Trinajstić information content (AvgIpc) is 2.69. The number of nitrogens with one attached hydrogen (secondary N) is 2. The first-order valence-corrected chi connectivity index (χ1v) is 5.31. The molecule has 0 aliphatic carbocycles. The molecule has 0 unspecified atom stereocenters. The molecule has 0 aromatic carbocycles. The molecular weight excluding hydrogens is 266 g/mol. The molecule has 0 aliphatic heterocycles. The van der Waals surface area contributed by atoms with Crippen LogP contribution in [0.25, 0.3) is 0 Å². The van der Waals surface area contributed by atoms with Crippen molar-refractivity contribution in [1.82, 2.24) is 15.3 Å². The van der Waals surface area contributed by atoms with Crippen LogP contribution in [0, 0.1) is 0 Å². The van der Waals surface area contributed by atoms with Gasteiger partial charge in [0.1, 0.15) is 6.04 Å². The number of aromatic nitrogens is 2. The molecule has 0 saturated carbocycles. The van der Waals surface area contributed by atoms with Crippen molar-refractivity contribution in [3.63, 3.8) is 0 Å². The van der Waals surface area contributed by atoms with Crippen LogP contribution in [0.3, 0.4) is 0 Å². The Morgan fingerprint density at radius 1 is 1.67 bits per heavy atom. The summed E-state index contributed by atoms with van der Waals surface area (Å²) in [6, 6.07) is -0.935. The van der Waals surface area contributed by atoms with Crippen molar-refractivity contribution < 1.29 is 14.7 Å². The van der Waals surface area contributed by atoms with Crippen LogP contribution >= 0.6 is 15.9 Å². The number of imidazole rings is 1.